The summed E-state index contributed by atoms with van der Waals surface area (Å²) in [5, 5.41) is 0. The second-order valence-corrected chi connectivity index (χ2v) is 5.90. The van der Waals surface area contributed by atoms with Crippen LogP contribution in [0.1, 0.15) is 49.4 Å². The molecule has 1 aliphatic carbocycles. The summed E-state index contributed by atoms with van der Waals surface area (Å²) >= 11 is 0. The fourth-order valence-corrected chi connectivity index (χ4v) is 3.35. The van der Waals surface area contributed by atoms with Crippen LogP contribution in [0.5, 0.6) is 0 Å². The number of rotatable bonds is 4. The van der Waals surface area contributed by atoms with Gasteiger partial charge in [-0.1, -0.05) is 68.3 Å². The number of hydrogen-bond donors (Lipinski definition) is 0. The average Bonchev–Trinajstić information content (AvgIpc) is 2.88. The molecule has 1 radical (unpaired) electrons. The Morgan fingerprint density at radius 3 is 2.48 bits per heavy atom. The lowest BCUT2D eigenvalue weighted by molar-refractivity contribution is 0.922. The van der Waals surface area contributed by atoms with Gasteiger partial charge in [-0.25, -0.2) is 0 Å². The van der Waals surface area contributed by atoms with Gasteiger partial charge in [0.1, 0.15) is 0 Å². The minimum absolute atomic E-state index is 1.08. The van der Waals surface area contributed by atoms with Crippen molar-refractivity contribution in [3.8, 4) is 11.1 Å². The van der Waals surface area contributed by atoms with E-state index in [1.165, 1.54) is 45.4 Å². The zero-order valence-electron chi connectivity index (χ0n) is 13.2. The monoisotopic (exact) mass is 275 g/mol. The van der Waals surface area contributed by atoms with Crippen molar-refractivity contribution in [2.24, 2.45) is 0 Å². The van der Waals surface area contributed by atoms with Gasteiger partial charge in [0.15, 0.2) is 0 Å². The fraction of sp³-hybridized carbons (Fsp3) is 0.286. The normalized spacial score (nSPS) is 13.2. The van der Waals surface area contributed by atoms with Gasteiger partial charge >= 0.3 is 0 Å². The van der Waals surface area contributed by atoms with Crippen molar-refractivity contribution in [1.82, 2.24) is 0 Å². The second-order valence-electron chi connectivity index (χ2n) is 5.90. The summed E-state index contributed by atoms with van der Waals surface area (Å²) in [5.74, 6) is 0. The van der Waals surface area contributed by atoms with E-state index >= 15 is 0 Å². The Morgan fingerprint density at radius 2 is 1.71 bits per heavy atom. The van der Waals surface area contributed by atoms with Gasteiger partial charge in [0.05, 0.1) is 0 Å². The van der Waals surface area contributed by atoms with Crippen molar-refractivity contribution in [2.45, 2.75) is 40.0 Å². The van der Waals surface area contributed by atoms with Gasteiger partial charge in [-0.05, 0) is 53.1 Å². The molecular weight excluding hydrogens is 252 g/mol. The molecule has 0 heteroatoms. The first kappa shape index (κ1) is 14.1. The molecule has 2 aromatic carbocycles. The highest BCUT2D eigenvalue weighted by molar-refractivity contribution is 5.86. The summed E-state index contributed by atoms with van der Waals surface area (Å²) in [4.78, 5) is 0. The third-order valence-electron chi connectivity index (χ3n) is 4.31. The lowest BCUT2D eigenvalue weighted by atomic mass is 9.87. The van der Waals surface area contributed by atoms with E-state index in [4.69, 9.17) is 0 Å². The molecule has 0 saturated heterocycles. The summed E-state index contributed by atoms with van der Waals surface area (Å²) < 4.78 is 0. The maximum absolute atomic E-state index is 2.34. The second kappa shape index (κ2) is 5.89. The number of fused-ring (bicyclic) bond motifs is 1. The smallest absolute Gasteiger partial charge is 0.0161 e. The van der Waals surface area contributed by atoms with Crippen molar-refractivity contribution in [1.29, 1.82) is 0 Å². The van der Waals surface area contributed by atoms with Crippen LogP contribution in [0.3, 0.4) is 0 Å². The Kier molecular flexibility index (Phi) is 3.96. The van der Waals surface area contributed by atoms with Crippen LogP contribution < -0.4 is 0 Å². The lowest BCUT2D eigenvalue weighted by Gasteiger charge is -2.17. The van der Waals surface area contributed by atoms with E-state index in [0.717, 1.165) is 12.8 Å². The molecule has 0 nitrogen and oxygen atoms in total. The molecule has 0 amide bonds. The number of hydrogen-bond acceptors (Lipinski definition) is 0. The minimum Gasteiger partial charge on any atom is -0.0651 e. The molecule has 107 valence electrons. The van der Waals surface area contributed by atoms with Crippen molar-refractivity contribution in [2.75, 3.05) is 0 Å². The van der Waals surface area contributed by atoms with Crippen LogP contribution in [0.4, 0.5) is 0 Å². The van der Waals surface area contributed by atoms with Crippen molar-refractivity contribution >= 4 is 6.08 Å². The van der Waals surface area contributed by atoms with Crippen molar-refractivity contribution in [3.63, 3.8) is 0 Å². The van der Waals surface area contributed by atoms with Crippen LogP contribution in [0.2, 0.25) is 0 Å². The van der Waals surface area contributed by atoms with Gasteiger partial charge in [-0.15, -0.1) is 0 Å². The van der Waals surface area contributed by atoms with E-state index in [0.29, 0.717) is 0 Å². The maximum Gasteiger partial charge on any atom is 0.0161 e. The van der Waals surface area contributed by atoms with E-state index < -0.39 is 0 Å². The Bertz CT molecular complexity index is 689. The molecule has 0 saturated carbocycles. The molecule has 0 fully saturated rings. The average molecular weight is 275 g/mol. The molecule has 0 N–H and O–H groups in total. The Balaban J connectivity index is 2.27. The van der Waals surface area contributed by atoms with Gasteiger partial charge in [0.25, 0.3) is 0 Å². The summed E-state index contributed by atoms with van der Waals surface area (Å²) in [6.07, 6.45) is 8.05. The standard InChI is InChI=1S/C21H23/c1-4-8-17-11-12-18-13-15(3)14-20(18)21(17)19-10-7-6-9-16(19)5-2/h6-7,9-14H,4-5,8H2,1-3H3. The Hall–Kier alpha value is -1.82. The highest BCUT2D eigenvalue weighted by atomic mass is 14.2. The zero-order valence-corrected chi connectivity index (χ0v) is 13.2. The molecule has 0 aromatic heterocycles. The summed E-state index contributed by atoms with van der Waals surface area (Å²) in [7, 11) is 0. The van der Waals surface area contributed by atoms with E-state index in [1.807, 2.05) is 0 Å². The van der Waals surface area contributed by atoms with Crippen LogP contribution in [-0.4, -0.2) is 0 Å². The van der Waals surface area contributed by atoms with Crippen LogP contribution in [-0.2, 0) is 12.8 Å². The van der Waals surface area contributed by atoms with Gasteiger partial charge < -0.3 is 0 Å². The SMILES string of the molecule is CCCc1ccc2c(c1-c1ccccc1CC)C=C(C)[CH]2. The number of allylic oxidation sites excluding steroid dienone is 1. The van der Waals surface area contributed by atoms with Gasteiger partial charge in [-0.2, -0.15) is 0 Å². The van der Waals surface area contributed by atoms with Crippen LogP contribution in [0, 0.1) is 6.42 Å². The third-order valence-corrected chi connectivity index (χ3v) is 4.31. The van der Waals surface area contributed by atoms with Crippen molar-refractivity contribution < 1.29 is 0 Å². The molecule has 1 aliphatic rings. The fourth-order valence-electron chi connectivity index (χ4n) is 3.35. The van der Waals surface area contributed by atoms with Crippen LogP contribution >= 0.6 is 0 Å². The minimum atomic E-state index is 1.08. The molecule has 3 rings (SSSR count). The molecule has 0 atom stereocenters. The summed E-state index contributed by atoms with van der Waals surface area (Å²) in [6.45, 7) is 6.69. The van der Waals surface area contributed by atoms with E-state index in [2.05, 4.69) is 69.7 Å². The highest BCUT2D eigenvalue weighted by Gasteiger charge is 2.19. The molecule has 0 heterocycles. The zero-order chi connectivity index (χ0) is 14.8. The molecule has 0 spiro atoms. The number of aryl methyl sites for hydroxylation is 2. The molecular formula is C21H23. The van der Waals surface area contributed by atoms with Crippen LogP contribution in [0.25, 0.3) is 17.2 Å². The number of benzene rings is 2. The van der Waals surface area contributed by atoms with E-state index in [-0.39, 0.29) is 0 Å². The maximum atomic E-state index is 2.34. The topological polar surface area (TPSA) is 0 Å². The van der Waals surface area contributed by atoms with Gasteiger partial charge in [-0.3, -0.25) is 0 Å². The quantitative estimate of drug-likeness (QED) is 0.657. The van der Waals surface area contributed by atoms with Crippen LogP contribution in [0.15, 0.2) is 42.0 Å². The first-order valence-electron chi connectivity index (χ1n) is 8.01. The van der Waals surface area contributed by atoms with Crippen molar-refractivity contribution in [3.05, 3.63) is 70.6 Å². The third kappa shape index (κ3) is 2.55. The molecule has 0 unspecified atom stereocenters. The highest BCUT2D eigenvalue weighted by Crippen LogP contribution is 2.39. The van der Waals surface area contributed by atoms with Gasteiger partial charge in [0.2, 0.25) is 0 Å². The summed E-state index contributed by atoms with van der Waals surface area (Å²) in [5.41, 5.74) is 9.94. The Labute approximate surface area is 128 Å². The predicted molar refractivity (Wildman–Crippen MR) is 92.3 cm³/mol. The first-order chi connectivity index (χ1) is 10.2. The van der Waals surface area contributed by atoms with E-state index in [1.54, 1.807) is 0 Å². The lowest BCUT2D eigenvalue weighted by Crippen LogP contribution is -1.97. The predicted octanol–water partition coefficient (Wildman–Crippen LogP) is 5.84. The molecule has 2 aromatic rings. The largest absolute Gasteiger partial charge is 0.0651 e. The molecule has 0 aliphatic heterocycles. The Morgan fingerprint density at radius 1 is 0.905 bits per heavy atom. The van der Waals surface area contributed by atoms with Gasteiger partial charge in [0, 0.05) is 6.42 Å². The molecule has 21 heavy (non-hydrogen) atoms. The van der Waals surface area contributed by atoms with E-state index in [9.17, 15) is 0 Å². The first-order valence-corrected chi connectivity index (χ1v) is 8.01. The molecule has 0 bridgehead atoms. The summed E-state index contributed by atoms with van der Waals surface area (Å²) in [6, 6.07) is 13.5.